The van der Waals surface area contributed by atoms with Gasteiger partial charge in [-0.1, -0.05) is 11.6 Å². The van der Waals surface area contributed by atoms with Crippen molar-refractivity contribution < 1.29 is 18.3 Å². The normalized spacial score (nSPS) is 11.1. The first-order valence-electron chi connectivity index (χ1n) is 9.76. The van der Waals surface area contributed by atoms with Crippen molar-refractivity contribution in [1.82, 2.24) is 19.7 Å². The highest BCUT2D eigenvalue weighted by atomic mass is 35.5. The van der Waals surface area contributed by atoms with Crippen LogP contribution in [-0.4, -0.2) is 32.3 Å². The van der Waals surface area contributed by atoms with Crippen molar-refractivity contribution in [3.05, 3.63) is 74.8 Å². The van der Waals surface area contributed by atoms with Crippen LogP contribution in [0.15, 0.2) is 48.0 Å². The van der Waals surface area contributed by atoms with Crippen LogP contribution in [0.2, 0.25) is 5.02 Å². The third kappa shape index (κ3) is 5.35. The summed E-state index contributed by atoms with van der Waals surface area (Å²) in [6.45, 7) is 1.35. The van der Waals surface area contributed by atoms with Gasteiger partial charge in [0.15, 0.2) is 0 Å². The Bertz CT molecular complexity index is 1290. The number of thiophene rings is 1. The zero-order valence-electron chi connectivity index (χ0n) is 17.6. The predicted octanol–water partition coefficient (Wildman–Crippen LogP) is 5.57. The number of hydrogen-bond donors (Lipinski definition) is 1. The van der Waals surface area contributed by atoms with E-state index in [1.165, 1.54) is 29.7 Å². The van der Waals surface area contributed by atoms with Crippen LogP contribution in [0.5, 0.6) is 5.75 Å². The number of rotatable bonds is 7. The number of benzene rings is 1. The van der Waals surface area contributed by atoms with Crippen molar-refractivity contribution in [2.24, 2.45) is 0 Å². The summed E-state index contributed by atoms with van der Waals surface area (Å²) in [5.74, 6) is -0.159. The third-order valence-corrected chi connectivity index (χ3v) is 6.28. The molecule has 1 amide bonds. The van der Waals surface area contributed by atoms with Crippen molar-refractivity contribution in [1.29, 1.82) is 0 Å². The molecule has 0 aliphatic heterocycles. The van der Waals surface area contributed by atoms with Gasteiger partial charge in [-0.25, -0.2) is 9.97 Å². The molecule has 4 aromatic rings. The molecule has 0 aliphatic rings. The molecule has 0 unspecified atom stereocenters. The Morgan fingerprint density at radius 3 is 2.67 bits per heavy atom. The molecule has 0 fully saturated rings. The Hall–Kier alpha value is -3.37. The fraction of sp³-hybridized carbons (Fsp3) is 0.182. The van der Waals surface area contributed by atoms with Crippen LogP contribution in [0.1, 0.15) is 26.6 Å². The van der Waals surface area contributed by atoms with Gasteiger partial charge in [-0.2, -0.15) is 13.9 Å². The van der Waals surface area contributed by atoms with Gasteiger partial charge in [-0.15, -0.1) is 11.3 Å². The third-order valence-electron chi connectivity index (χ3n) is 4.76. The van der Waals surface area contributed by atoms with E-state index in [2.05, 4.69) is 25.1 Å². The van der Waals surface area contributed by atoms with E-state index in [-0.39, 0.29) is 17.6 Å². The molecule has 170 valence electrons. The lowest BCUT2D eigenvalue weighted by atomic mass is 10.1. The molecule has 1 N–H and O–H groups in total. The second-order valence-corrected chi connectivity index (χ2v) is 8.37. The molecule has 0 saturated carbocycles. The van der Waals surface area contributed by atoms with Crippen molar-refractivity contribution in [2.45, 2.75) is 27.0 Å². The molecule has 3 aromatic heterocycles. The van der Waals surface area contributed by atoms with Gasteiger partial charge in [0.2, 0.25) is 5.95 Å². The van der Waals surface area contributed by atoms with E-state index < -0.39 is 6.61 Å². The number of carbonyl (C=O) groups is 1. The van der Waals surface area contributed by atoms with E-state index in [0.29, 0.717) is 27.7 Å². The molecule has 0 spiro atoms. The Balaban J connectivity index is 1.44. The standard InChI is InChI=1S/C22H18ClF2N5O2S/c1-12-19(23)13(2)30(29-12)10-14-9-18(33-11-14)20(31)28-22-26-8-7-17(27-22)15-3-5-16(6-4-15)32-21(24)25/h3-9,11,21H,10H2,1-2H3,(H,26,27,28,31). The Morgan fingerprint density at radius 2 is 2.00 bits per heavy atom. The van der Waals surface area contributed by atoms with Gasteiger partial charge in [0, 0.05) is 11.8 Å². The summed E-state index contributed by atoms with van der Waals surface area (Å²) in [5, 5.41) is 9.62. The van der Waals surface area contributed by atoms with Gasteiger partial charge in [0.25, 0.3) is 5.91 Å². The molecular weight excluding hydrogens is 472 g/mol. The molecule has 0 saturated heterocycles. The molecule has 1 aromatic carbocycles. The van der Waals surface area contributed by atoms with E-state index in [1.54, 1.807) is 28.9 Å². The molecular formula is C22H18ClF2N5O2S. The number of anilines is 1. The van der Waals surface area contributed by atoms with Crippen LogP contribution in [0.4, 0.5) is 14.7 Å². The highest BCUT2D eigenvalue weighted by Crippen LogP contribution is 2.24. The molecule has 0 aliphatic carbocycles. The first-order chi connectivity index (χ1) is 15.8. The van der Waals surface area contributed by atoms with Crippen molar-refractivity contribution >= 4 is 34.8 Å². The maximum Gasteiger partial charge on any atom is 0.387 e. The summed E-state index contributed by atoms with van der Waals surface area (Å²) in [6.07, 6.45) is 1.51. The number of aryl methyl sites for hydroxylation is 1. The second kappa shape index (κ2) is 9.63. The van der Waals surface area contributed by atoms with E-state index in [4.69, 9.17) is 11.6 Å². The van der Waals surface area contributed by atoms with Crippen LogP contribution in [0.3, 0.4) is 0 Å². The highest BCUT2D eigenvalue weighted by molar-refractivity contribution is 7.12. The number of aromatic nitrogens is 4. The lowest BCUT2D eigenvalue weighted by Crippen LogP contribution is -2.13. The predicted molar refractivity (Wildman–Crippen MR) is 122 cm³/mol. The van der Waals surface area contributed by atoms with Crippen molar-refractivity contribution in [2.75, 3.05) is 5.32 Å². The van der Waals surface area contributed by atoms with Crippen LogP contribution < -0.4 is 10.1 Å². The van der Waals surface area contributed by atoms with Gasteiger partial charge >= 0.3 is 6.61 Å². The Morgan fingerprint density at radius 1 is 1.24 bits per heavy atom. The van der Waals surface area contributed by atoms with Gasteiger partial charge < -0.3 is 4.74 Å². The van der Waals surface area contributed by atoms with E-state index >= 15 is 0 Å². The van der Waals surface area contributed by atoms with Crippen LogP contribution in [-0.2, 0) is 6.54 Å². The second-order valence-electron chi connectivity index (χ2n) is 7.08. The molecule has 3 heterocycles. The Kier molecular flexibility index (Phi) is 6.66. The summed E-state index contributed by atoms with van der Waals surface area (Å²) in [7, 11) is 0. The van der Waals surface area contributed by atoms with Gasteiger partial charge in [-0.3, -0.25) is 14.8 Å². The van der Waals surface area contributed by atoms with E-state index in [1.807, 2.05) is 19.2 Å². The number of nitrogens with zero attached hydrogens (tertiary/aromatic N) is 4. The maximum absolute atomic E-state index is 12.7. The van der Waals surface area contributed by atoms with Gasteiger partial charge in [-0.05, 0) is 61.2 Å². The number of alkyl halides is 2. The van der Waals surface area contributed by atoms with E-state index in [9.17, 15) is 13.6 Å². The molecule has 33 heavy (non-hydrogen) atoms. The quantitative estimate of drug-likeness (QED) is 0.367. The number of hydrogen-bond acceptors (Lipinski definition) is 6. The Labute approximate surface area is 197 Å². The molecule has 0 bridgehead atoms. The van der Waals surface area contributed by atoms with Crippen LogP contribution in [0, 0.1) is 13.8 Å². The minimum Gasteiger partial charge on any atom is -0.435 e. The van der Waals surface area contributed by atoms with E-state index in [0.717, 1.165) is 17.0 Å². The van der Waals surface area contributed by atoms with Crippen LogP contribution in [0.25, 0.3) is 11.3 Å². The summed E-state index contributed by atoms with van der Waals surface area (Å²) in [4.78, 5) is 21.6. The number of amides is 1. The minimum atomic E-state index is -2.89. The SMILES string of the molecule is Cc1nn(Cc2csc(C(=O)Nc3nccc(-c4ccc(OC(F)F)cc4)n3)c2)c(C)c1Cl. The number of halogens is 3. The fourth-order valence-electron chi connectivity index (χ4n) is 3.13. The van der Waals surface area contributed by atoms with Gasteiger partial charge in [0.1, 0.15) is 5.75 Å². The largest absolute Gasteiger partial charge is 0.435 e. The lowest BCUT2D eigenvalue weighted by Gasteiger charge is -2.07. The first-order valence-corrected chi connectivity index (χ1v) is 11.0. The lowest BCUT2D eigenvalue weighted by molar-refractivity contribution is -0.0498. The molecule has 7 nitrogen and oxygen atoms in total. The summed E-state index contributed by atoms with van der Waals surface area (Å²) >= 11 is 7.50. The topological polar surface area (TPSA) is 81.9 Å². The van der Waals surface area contributed by atoms with Crippen molar-refractivity contribution in [3.63, 3.8) is 0 Å². The minimum absolute atomic E-state index is 0.0487. The van der Waals surface area contributed by atoms with Crippen LogP contribution >= 0.6 is 22.9 Å². The summed E-state index contributed by atoms with van der Waals surface area (Å²) in [6, 6.07) is 9.48. The molecule has 11 heteroatoms. The fourth-order valence-corrected chi connectivity index (χ4v) is 4.06. The molecule has 0 atom stereocenters. The molecule has 0 radical (unpaired) electrons. The summed E-state index contributed by atoms with van der Waals surface area (Å²) in [5.41, 5.74) is 3.74. The molecule has 4 rings (SSSR count). The average molecular weight is 490 g/mol. The maximum atomic E-state index is 12.7. The number of nitrogens with one attached hydrogen (secondary N) is 1. The number of ether oxygens (including phenoxy) is 1. The van der Waals surface area contributed by atoms with Crippen molar-refractivity contribution in [3.8, 4) is 17.0 Å². The van der Waals surface area contributed by atoms with Gasteiger partial charge in [0.05, 0.1) is 33.5 Å². The first kappa shape index (κ1) is 22.8. The highest BCUT2D eigenvalue weighted by Gasteiger charge is 2.14. The average Bonchev–Trinajstić information content (AvgIpc) is 3.35. The smallest absolute Gasteiger partial charge is 0.387 e. The monoisotopic (exact) mass is 489 g/mol. The number of carbonyl (C=O) groups excluding carboxylic acids is 1. The zero-order valence-corrected chi connectivity index (χ0v) is 19.1. The zero-order chi connectivity index (χ0) is 23.5. The summed E-state index contributed by atoms with van der Waals surface area (Å²) < 4.78 is 30.8.